The minimum Gasteiger partial charge on any atom is -0.508 e. The lowest BCUT2D eigenvalue weighted by Crippen LogP contribution is -2.26. The molecule has 7 heteroatoms. The maximum absolute atomic E-state index is 11.8. The molecule has 7 nitrogen and oxygen atoms in total. The third-order valence-corrected chi connectivity index (χ3v) is 2.52. The molecule has 0 saturated heterocycles. The third-order valence-electron chi connectivity index (χ3n) is 2.52. The molecule has 1 rings (SSSR count). The summed E-state index contributed by atoms with van der Waals surface area (Å²) in [5, 5.41) is 22.7. The fourth-order valence-corrected chi connectivity index (χ4v) is 1.58. The molecule has 0 aromatic heterocycles. The van der Waals surface area contributed by atoms with E-state index in [9.17, 15) is 20.0 Å². The number of hydrogen-bond donors (Lipinski definition) is 2. The van der Waals surface area contributed by atoms with Crippen molar-refractivity contribution >= 4 is 11.6 Å². The van der Waals surface area contributed by atoms with Crippen molar-refractivity contribution in [3.63, 3.8) is 0 Å². The summed E-state index contributed by atoms with van der Waals surface area (Å²) >= 11 is 0. The smallest absolute Gasteiger partial charge is 0.282 e. The SMILES string of the molecule is CCCOCCCNC(=O)c1cc(O)ccc1[N+](=O)[O-]. The Morgan fingerprint density at radius 3 is 2.85 bits per heavy atom. The molecule has 2 N–H and O–H groups in total. The number of amides is 1. The van der Waals surface area contributed by atoms with E-state index in [1.165, 1.54) is 6.07 Å². The van der Waals surface area contributed by atoms with Gasteiger partial charge in [0.1, 0.15) is 11.3 Å². The normalized spacial score (nSPS) is 10.2. The first-order chi connectivity index (χ1) is 9.56. The number of rotatable bonds is 8. The summed E-state index contributed by atoms with van der Waals surface area (Å²) in [4.78, 5) is 22.0. The number of ether oxygens (including phenoxy) is 1. The van der Waals surface area contributed by atoms with Crippen LogP contribution in [0.5, 0.6) is 5.75 Å². The number of nitro benzene ring substituents is 1. The van der Waals surface area contributed by atoms with E-state index in [-0.39, 0.29) is 17.0 Å². The average Bonchev–Trinajstić information content (AvgIpc) is 2.42. The Hall–Kier alpha value is -2.15. The van der Waals surface area contributed by atoms with E-state index in [1.807, 2.05) is 6.92 Å². The van der Waals surface area contributed by atoms with Crippen LogP contribution in [0.1, 0.15) is 30.1 Å². The van der Waals surface area contributed by atoms with Crippen LogP contribution >= 0.6 is 0 Å². The second-order valence-corrected chi connectivity index (χ2v) is 4.18. The van der Waals surface area contributed by atoms with Crippen molar-refractivity contribution in [2.45, 2.75) is 19.8 Å². The molecule has 0 aliphatic heterocycles. The van der Waals surface area contributed by atoms with Crippen LogP contribution in [0.3, 0.4) is 0 Å². The number of carbonyl (C=O) groups excluding carboxylic acids is 1. The topological polar surface area (TPSA) is 102 Å². The predicted octanol–water partition coefficient (Wildman–Crippen LogP) is 1.85. The van der Waals surface area contributed by atoms with Gasteiger partial charge in [-0.15, -0.1) is 0 Å². The van der Waals surface area contributed by atoms with Crippen LogP contribution < -0.4 is 5.32 Å². The molecule has 20 heavy (non-hydrogen) atoms. The minimum atomic E-state index is -0.654. The maximum atomic E-state index is 11.8. The number of phenolic OH excluding ortho intramolecular Hbond substituents is 1. The van der Waals surface area contributed by atoms with Crippen LogP contribution in [0, 0.1) is 10.1 Å². The van der Waals surface area contributed by atoms with Crippen molar-refractivity contribution in [3.05, 3.63) is 33.9 Å². The Bertz CT molecular complexity index is 476. The summed E-state index contributed by atoms with van der Waals surface area (Å²) in [5.41, 5.74) is -0.480. The fourth-order valence-electron chi connectivity index (χ4n) is 1.58. The molecule has 0 atom stereocenters. The summed E-state index contributed by atoms with van der Waals surface area (Å²) in [6, 6.07) is 3.36. The van der Waals surface area contributed by atoms with Gasteiger partial charge in [0.25, 0.3) is 11.6 Å². The molecule has 0 bridgehead atoms. The van der Waals surface area contributed by atoms with Gasteiger partial charge in [0, 0.05) is 25.8 Å². The van der Waals surface area contributed by atoms with E-state index < -0.39 is 10.8 Å². The number of hydrogen-bond acceptors (Lipinski definition) is 5. The number of benzene rings is 1. The van der Waals surface area contributed by atoms with Gasteiger partial charge in [-0.2, -0.15) is 0 Å². The lowest BCUT2D eigenvalue weighted by molar-refractivity contribution is -0.385. The van der Waals surface area contributed by atoms with Crippen LogP contribution in [-0.4, -0.2) is 35.7 Å². The van der Waals surface area contributed by atoms with E-state index in [1.54, 1.807) is 0 Å². The van der Waals surface area contributed by atoms with Crippen LogP contribution in [-0.2, 0) is 4.74 Å². The monoisotopic (exact) mass is 282 g/mol. The quantitative estimate of drug-likeness (QED) is 0.430. The Kier molecular flexibility index (Phi) is 6.45. The molecule has 0 fully saturated rings. The van der Waals surface area contributed by atoms with Gasteiger partial charge in [-0.3, -0.25) is 14.9 Å². The Labute approximate surface area is 116 Å². The first kappa shape index (κ1) is 15.9. The molecular formula is C13H18N2O5. The third kappa shape index (κ3) is 4.85. The number of phenols is 1. The van der Waals surface area contributed by atoms with Gasteiger partial charge in [-0.1, -0.05) is 6.92 Å². The zero-order chi connectivity index (χ0) is 15.0. The molecule has 0 radical (unpaired) electrons. The van der Waals surface area contributed by atoms with Crippen LogP contribution in [0.2, 0.25) is 0 Å². The molecule has 0 saturated carbocycles. The molecule has 1 amide bonds. The summed E-state index contributed by atoms with van der Waals surface area (Å²) < 4.78 is 5.25. The molecule has 0 heterocycles. The van der Waals surface area contributed by atoms with Gasteiger partial charge < -0.3 is 15.2 Å². The van der Waals surface area contributed by atoms with Crippen LogP contribution in [0.15, 0.2) is 18.2 Å². The highest BCUT2D eigenvalue weighted by atomic mass is 16.6. The van der Waals surface area contributed by atoms with Crippen molar-refractivity contribution in [2.24, 2.45) is 0 Å². The number of nitrogens with zero attached hydrogens (tertiary/aromatic N) is 1. The molecule has 0 aliphatic carbocycles. The van der Waals surface area contributed by atoms with Crippen molar-refractivity contribution in [1.29, 1.82) is 0 Å². The Balaban J connectivity index is 2.54. The second kappa shape index (κ2) is 8.11. The maximum Gasteiger partial charge on any atom is 0.282 e. The largest absolute Gasteiger partial charge is 0.508 e. The first-order valence-electron chi connectivity index (χ1n) is 6.39. The highest BCUT2D eigenvalue weighted by Crippen LogP contribution is 2.22. The highest BCUT2D eigenvalue weighted by molar-refractivity contribution is 5.98. The van der Waals surface area contributed by atoms with E-state index in [0.717, 1.165) is 18.6 Å². The van der Waals surface area contributed by atoms with E-state index in [4.69, 9.17) is 4.74 Å². The summed E-state index contributed by atoms with van der Waals surface area (Å²) in [7, 11) is 0. The zero-order valence-corrected chi connectivity index (χ0v) is 11.3. The molecule has 0 spiro atoms. The number of nitro groups is 1. The molecule has 0 unspecified atom stereocenters. The van der Waals surface area contributed by atoms with Gasteiger partial charge in [-0.25, -0.2) is 0 Å². The summed E-state index contributed by atoms with van der Waals surface area (Å²) in [5.74, 6) is -0.768. The van der Waals surface area contributed by atoms with Crippen molar-refractivity contribution in [3.8, 4) is 5.75 Å². The Morgan fingerprint density at radius 1 is 1.45 bits per heavy atom. The van der Waals surface area contributed by atoms with Gasteiger partial charge >= 0.3 is 0 Å². The second-order valence-electron chi connectivity index (χ2n) is 4.18. The van der Waals surface area contributed by atoms with E-state index in [0.29, 0.717) is 26.2 Å². The van der Waals surface area contributed by atoms with E-state index >= 15 is 0 Å². The van der Waals surface area contributed by atoms with Gasteiger partial charge in [0.15, 0.2) is 0 Å². The molecule has 110 valence electrons. The van der Waals surface area contributed by atoms with Gasteiger partial charge in [0.2, 0.25) is 0 Å². The number of aromatic hydroxyl groups is 1. The van der Waals surface area contributed by atoms with Crippen molar-refractivity contribution in [2.75, 3.05) is 19.8 Å². The van der Waals surface area contributed by atoms with E-state index in [2.05, 4.69) is 5.32 Å². The number of carbonyl (C=O) groups is 1. The minimum absolute atomic E-state index is 0.149. The zero-order valence-electron chi connectivity index (χ0n) is 11.3. The standard InChI is InChI=1S/C13H18N2O5/c1-2-7-20-8-3-6-14-13(17)11-9-10(16)4-5-12(11)15(18)19/h4-5,9,16H,2-3,6-8H2,1H3,(H,14,17). The lowest BCUT2D eigenvalue weighted by atomic mass is 10.1. The summed E-state index contributed by atoms with van der Waals surface area (Å²) in [6.07, 6.45) is 1.56. The van der Waals surface area contributed by atoms with Crippen molar-refractivity contribution in [1.82, 2.24) is 5.32 Å². The molecule has 0 aliphatic rings. The Morgan fingerprint density at radius 2 is 2.20 bits per heavy atom. The number of nitrogens with one attached hydrogen (secondary N) is 1. The average molecular weight is 282 g/mol. The van der Waals surface area contributed by atoms with Crippen LogP contribution in [0.4, 0.5) is 5.69 Å². The molecule has 1 aromatic carbocycles. The first-order valence-corrected chi connectivity index (χ1v) is 6.39. The lowest BCUT2D eigenvalue weighted by Gasteiger charge is -2.06. The van der Waals surface area contributed by atoms with Crippen molar-refractivity contribution < 1.29 is 19.6 Å². The molecule has 1 aromatic rings. The highest BCUT2D eigenvalue weighted by Gasteiger charge is 2.20. The van der Waals surface area contributed by atoms with Gasteiger partial charge in [-0.05, 0) is 25.0 Å². The fraction of sp³-hybridized carbons (Fsp3) is 0.462. The summed E-state index contributed by atoms with van der Waals surface area (Å²) in [6.45, 7) is 3.56. The van der Waals surface area contributed by atoms with Crippen LogP contribution in [0.25, 0.3) is 0 Å². The van der Waals surface area contributed by atoms with Gasteiger partial charge in [0.05, 0.1) is 4.92 Å². The molecular weight excluding hydrogens is 264 g/mol. The predicted molar refractivity (Wildman–Crippen MR) is 72.8 cm³/mol.